The van der Waals surface area contributed by atoms with Crippen LogP contribution in [0.4, 0.5) is 24.5 Å². The van der Waals surface area contributed by atoms with Gasteiger partial charge >= 0.3 is 6.18 Å². The Balaban J connectivity index is 1.97. The fourth-order valence-corrected chi connectivity index (χ4v) is 4.32. The normalized spacial score (nSPS) is 11.9. The van der Waals surface area contributed by atoms with Gasteiger partial charge in [0, 0.05) is 10.7 Å². The summed E-state index contributed by atoms with van der Waals surface area (Å²) in [5.41, 5.74) is -1.94. The third-order valence-electron chi connectivity index (χ3n) is 4.33. The Labute approximate surface area is 180 Å². The zero-order valence-electron chi connectivity index (χ0n) is 16.0. The van der Waals surface area contributed by atoms with Crippen LogP contribution in [0.1, 0.15) is 27.2 Å². The zero-order valence-corrected chi connectivity index (χ0v) is 17.6. The largest absolute Gasteiger partial charge is 0.418 e. The first-order chi connectivity index (χ1) is 14.4. The smallest absolute Gasteiger partial charge is 0.361 e. The molecule has 3 rings (SSSR count). The molecule has 164 valence electrons. The molecular weight excluding hydrogens is 459 g/mol. The van der Waals surface area contributed by atoms with Gasteiger partial charge in [0.2, 0.25) is 0 Å². The minimum absolute atomic E-state index is 0.0507. The number of rotatable bonds is 5. The molecule has 0 atom stereocenters. The number of nitrogens with one attached hydrogen (secondary N) is 2. The van der Waals surface area contributed by atoms with Gasteiger partial charge in [0.25, 0.3) is 15.9 Å². The Bertz CT molecular complexity index is 1260. The van der Waals surface area contributed by atoms with Gasteiger partial charge in [0.15, 0.2) is 0 Å². The van der Waals surface area contributed by atoms with Crippen LogP contribution in [0.2, 0.25) is 5.02 Å². The van der Waals surface area contributed by atoms with E-state index >= 15 is 0 Å². The van der Waals surface area contributed by atoms with E-state index in [1.54, 1.807) is 0 Å². The summed E-state index contributed by atoms with van der Waals surface area (Å²) in [6, 6.07) is 6.75. The molecule has 0 aliphatic heterocycles. The van der Waals surface area contributed by atoms with E-state index in [0.29, 0.717) is 6.07 Å². The summed E-state index contributed by atoms with van der Waals surface area (Å²) >= 11 is 5.93. The highest BCUT2D eigenvalue weighted by atomic mass is 35.5. The van der Waals surface area contributed by atoms with Crippen molar-refractivity contribution >= 4 is 38.9 Å². The molecule has 0 saturated carbocycles. The molecule has 3 aromatic rings. The van der Waals surface area contributed by atoms with Gasteiger partial charge in [-0.1, -0.05) is 22.8 Å². The van der Waals surface area contributed by atoms with Crippen LogP contribution >= 0.6 is 11.6 Å². The minimum atomic E-state index is -4.91. The van der Waals surface area contributed by atoms with E-state index in [0.717, 1.165) is 18.3 Å². The Morgan fingerprint density at radius 1 is 1.16 bits per heavy atom. The third kappa shape index (κ3) is 4.83. The lowest BCUT2D eigenvalue weighted by Crippen LogP contribution is -2.19. The number of aromatic nitrogens is 1. The second-order valence-corrected chi connectivity index (χ2v) is 8.53. The summed E-state index contributed by atoms with van der Waals surface area (Å²) in [6.07, 6.45) is -3.78. The predicted octanol–water partition coefficient (Wildman–Crippen LogP) is 5.02. The Hall–Kier alpha value is -3.05. The summed E-state index contributed by atoms with van der Waals surface area (Å²) < 4.78 is 73.0. The fourth-order valence-electron chi connectivity index (χ4n) is 2.74. The standard InChI is InChI=1S/C19H15ClF3N3O4S/c1-10-15(20)4-3-5-17(10)31(28,29)26-16-7-6-12(8-14(16)19(21,22)23)25-18(27)13-9-24-30-11(13)2/h3-9,26H,1-2H3,(H,25,27). The maximum Gasteiger partial charge on any atom is 0.418 e. The summed E-state index contributed by atoms with van der Waals surface area (Å²) in [5, 5.41) is 5.89. The van der Waals surface area contributed by atoms with E-state index in [1.807, 2.05) is 4.72 Å². The van der Waals surface area contributed by atoms with E-state index in [4.69, 9.17) is 16.1 Å². The molecule has 7 nitrogen and oxygen atoms in total. The Morgan fingerprint density at radius 2 is 1.87 bits per heavy atom. The van der Waals surface area contributed by atoms with Crippen molar-refractivity contribution in [1.29, 1.82) is 0 Å². The van der Waals surface area contributed by atoms with Crippen molar-refractivity contribution in [2.45, 2.75) is 24.9 Å². The Morgan fingerprint density at radius 3 is 2.48 bits per heavy atom. The molecule has 1 amide bonds. The molecule has 0 radical (unpaired) electrons. The van der Waals surface area contributed by atoms with Gasteiger partial charge in [-0.15, -0.1) is 0 Å². The highest BCUT2D eigenvalue weighted by Crippen LogP contribution is 2.38. The number of amides is 1. The molecule has 0 saturated heterocycles. The number of halogens is 4. The predicted molar refractivity (Wildman–Crippen MR) is 108 cm³/mol. The molecule has 0 spiro atoms. The average Bonchev–Trinajstić information content (AvgIpc) is 3.10. The molecule has 0 aliphatic carbocycles. The van der Waals surface area contributed by atoms with E-state index in [1.165, 1.54) is 32.0 Å². The maximum absolute atomic E-state index is 13.6. The second-order valence-electron chi connectivity index (χ2n) is 6.48. The molecule has 0 bridgehead atoms. The van der Waals surface area contributed by atoms with Crippen molar-refractivity contribution in [2.75, 3.05) is 10.0 Å². The van der Waals surface area contributed by atoms with Crippen LogP contribution in [0.5, 0.6) is 0 Å². The third-order valence-corrected chi connectivity index (χ3v) is 6.25. The van der Waals surface area contributed by atoms with E-state index < -0.39 is 33.4 Å². The summed E-state index contributed by atoms with van der Waals surface area (Å²) in [7, 11) is -4.37. The minimum Gasteiger partial charge on any atom is -0.361 e. The first kappa shape index (κ1) is 22.6. The highest BCUT2D eigenvalue weighted by molar-refractivity contribution is 7.92. The number of sulfonamides is 1. The van der Waals surface area contributed by atoms with Gasteiger partial charge in [-0.3, -0.25) is 9.52 Å². The lowest BCUT2D eigenvalue weighted by molar-refractivity contribution is -0.136. The van der Waals surface area contributed by atoms with Crippen molar-refractivity contribution in [2.24, 2.45) is 0 Å². The molecule has 31 heavy (non-hydrogen) atoms. The SMILES string of the molecule is Cc1oncc1C(=O)Nc1ccc(NS(=O)(=O)c2cccc(Cl)c2C)c(C(F)(F)F)c1. The second kappa shape index (κ2) is 8.23. The van der Waals surface area contributed by atoms with Gasteiger partial charge in [-0.25, -0.2) is 8.42 Å². The van der Waals surface area contributed by atoms with Crippen LogP contribution in [0, 0.1) is 13.8 Å². The molecule has 12 heteroatoms. The van der Waals surface area contributed by atoms with Crippen LogP contribution in [0.3, 0.4) is 0 Å². The van der Waals surface area contributed by atoms with Crippen LogP contribution in [0.25, 0.3) is 0 Å². The zero-order chi connectivity index (χ0) is 23.0. The molecule has 2 N–H and O–H groups in total. The maximum atomic E-state index is 13.6. The molecule has 0 aliphatic rings. The first-order valence-electron chi connectivity index (χ1n) is 8.62. The van der Waals surface area contributed by atoms with Gasteiger partial charge in [0.05, 0.1) is 22.3 Å². The van der Waals surface area contributed by atoms with Gasteiger partial charge in [-0.2, -0.15) is 13.2 Å². The van der Waals surface area contributed by atoms with Crippen molar-refractivity contribution in [3.05, 3.63) is 70.1 Å². The topological polar surface area (TPSA) is 101 Å². The van der Waals surface area contributed by atoms with E-state index in [2.05, 4.69) is 10.5 Å². The van der Waals surface area contributed by atoms with Gasteiger partial charge < -0.3 is 9.84 Å². The number of aryl methyl sites for hydroxylation is 1. The van der Waals surface area contributed by atoms with E-state index in [-0.39, 0.29) is 32.5 Å². The van der Waals surface area contributed by atoms with Crippen LogP contribution in [-0.2, 0) is 16.2 Å². The molecule has 0 fully saturated rings. The number of carbonyl (C=O) groups is 1. The lowest BCUT2D eigenvalue weighted by Gasteiger charge is -2.17. The fraction of sp³-hybridized carbons (Fsp3) is 0.158. The van der Waals surface area contributed by atoms with Crippen LogP contribution in [-0.4, -0.2) is 19.5 Å². The van der Waals surface area contributed by atoms with Crippen molar-refractivity contribution in [3.8, 4) is 0 Å². The van der Waals surface area contributed by atoms with Gasteiger partial charge in [-0.05, 0) is 49.7 Å². The number of carbonyl (C=O) groups excluding carboxylic acids is 1. The number of nitrogens with zero attached hydrogens (tertiary/aromatic N) is 1. The van der Waals surface area contributed by atoms with Crippen molar-refractivity contribution in [3.63, 3.8) is 0 Å². The number of hydrogen-bond donors (Lipinski definition) is 2. The molecular formula is C19H15ClF3N3O4S. The number of benzene rings is 2. The summed E-state index contributed by atoms with van der Waals surface area (Å²) in [6.45, 7) is 2.91. The quantitative estimate of drug-likeness (QED) is 0.542. The first-order valence-corrected chi connectivity index (χ1v) is 10.5. The summed E-state index contributed by atoms with van der Waals surface area (Å²) in [4.78, 5) is 12.0. The van der Waals surface area contributed by atoms with Crippen molar-refractivity contribution in [1.82, 2.24) is 5.16 Å². The molecule has 1 aromatic heterocycles. The Kier molecular flexibility index (Phi) is 6.01. The lowest BCUT2D eigenvalue weighted by atomic mass is 10.1. The number of anilines is 2. The highest BCUT2D eigenvalue weighted by Gasteiger charge is 2.35. The summed E-state index contributed by atoms with van der Waals surface area (Å²) in [5.74, 6) is -0.537. The molecule has 0 unspecified atom stereocenters. The number of alkyl halides is 3. The van der Waals surface area contributed by atoms with Gasteiger partial charge in [0.1, 0.15) is 11.3 Å². The van der Waals surface area contributed by atoms with E-state index in [9.17, 15) is 26.4 Å². The monoisotopic (exact) mass is 473 g/mol. The molecule has 1 heterocycles. The number of hydrogen-bond acceptors (Lipinski definition) is 5. The van der Waals surface area contributed by atoms with Crippen LogP contribution in [0.15, 0.2) is 52.0 Å². The van der Waals surface area contributed by atoms with Crippen molar-refractivity contribution < 1.29 is 30.9 Å². The molecule has 2 aromatic carbocycles. The average molecular weight is 474 g/mol. The van der Waals surface area contributed by atoms with Crippen LogP contribution < -0.4 is 10.0 Å².